The van der Waals surface area contributed by atoms with Crippen LogP contribution in [-0.4, -0.2) is 39.8 Å². The van der Waals surface area contributed by atoms with Gasteiger partial charge in [0.1, 0.15) is 25.6 Å². The number of fused-ring (bicyclic) bond motifs is 1. The molecule has 3 aromatic carbocycles. The van der Waals surface area contributed by atoms with Gasteiger partial charge in [-0.2, -0.15) is 5.10 Å². The van der Waals surface area contributed by atoms with Gasteiger partial charge >= 0.3 is 0 Å². The Labute approximate surface area is 196 Å². The fourth-order valence-corrected chi connectivity index (χ4v) is 4.77. The fraction of sp³-hybridized carbons (Fsp3) is 0.167. The molecule has 3 aromatic rings. The lowest BCUT2D eigenvalue weighted by Crippen LogP contribution is -2.40. The van der Waals surface area contributed by atoms with E-state index < -0.39 is 28.3 Å². The predicted octanol–water partition coefficient (Wildman–Crippen LogP) is 3.33. The van der Waals surface area contributed by atoms with Crippen molar-refractivity contribution in [3.8, 4) is 11.5 Å². The van der Waals surface area contributed by atoms with Gasteiger partial charge in [0.05, 0.1) is 16.3 Å². The molecule has 10 heteroatoms. The first-order chi connectivity index (χ1) is 16.4. The summed E-state index contributed by atoms with van der Waals surface area (Å²) < 4.78 is 52.8. The van der Waals surface area contributed by atoms with E-state index in [9.17, 15) is 17.6 Å². The van der Waals surface area contributed by atoms with Crippen LogP contribution in [0.1, 0.15) is 12.5 Å². The second-order valence-corrected chi connectivity index (χ2v) is 9.23. The third kappa shape index (κ3) is 5.01. The van der Waals surface area contributed by atoms with E-state index >= 15 is 0 Å². The van der Waals surface area contributed by atoms with Crippen LogP contribution >= 0.6 is 0 Å². The molecular formula is C24H22FN3O5S. The van der Waals surface area contributed by atoms with Crippen LogP contribution in [0.2, 0.25) is 0 Å². The first kappa shape index (κ1) is 23.2. The van der Waals surface area contributed by atoms with E-state index in [2.05, 4.69) is 10.5 Å². The van der Waals surface area contributed by atoms with Crippen LogP contribution in [-0.2, 0) is 14.8 Å². The summed E-state index contributed by atoms with van der Waals surface area (Å²) in [5, 5.41) is 4.07. The van der Waals surface area contributed by atoms with E-state index in [1.165, 1.54) is 30.3 Å². The molecule has 1 aliphatic heterocycles. The maximum atomic E-state index is 14.5. The van der Waals surface area contributed by atoms with Gasteiger partial charge in [0.2, 0.25) is 0 Å². The molecular weight excluding hydrogens is 461 g/mol. The summed E-state index contributed by atoms with van der Waals surface area (Å²) in [7, 11) is -4.22. The molecule has 0 bridgehead atoms. The quantitative estimate of drug-likeness (QED) is 0.411. The number of benzene rings is 3. The summed E-state index contributed by atoms with van der Waals surface area (Å²) in [5.74, 6) is -0.312. The first-order valence-corrected chi connectivity index (χ1v) is 11.9. The van der Waals surface area contributed by atoms with Crippen molar-refractivity contribution in [2.75, 3.05) is 24.1 Å². The number of ether oxygens (including phenoxy) is 2. The second kappa shape index (κ2) is 9.92. The number of para-hydroxylation sites is 1. The van der Waals surface area contributed by atoms with Gasteiger partial charge in [0.15, 0.2) is 11.5 Å². The van der Waals surface area contributed by atoms with Crippen molar-refractivity contribution in [3.63, 3.8) is 0 Å². The largest absolute Gasteiger partial charge is 0.486 e. The number of nitrogens with zero attached hydrogens (tertiary/aromatic N) is 2. The second-order valence-electron chi connectivity index (χ2n) is 7.37. The fourth-order valence-electron chi connectivity index (χ4n) is 3.32. The standard InChI is InChI=1S/C24H22FN3O5S/c1-17(18-11-12-22-23(15-18)33-14-13-32-22)26-27-24(29)16-28(21-10-6-5-9-20(21)25)34(30,31)19-7-3-2-4-8-19/h2-12,15H,13-14,16H2,1H3,(H,27,29)/b26-17+. The molecule has 1 amide bonds. The minimum atomic E-state index is -4.22. The van der Waals surface area contributed by atoms with Crippen molar-refractivity contribution >= 4 is 27.3 Å². The lowest BCUT2D eigenvalue weighted by Gasteiger charge is -2.24. The lowest BCUT2D eigenvalue weighted by atomic mass is 10.1. The van der Waals surface area contributed by atoms with E-state index in [1.54, 1.807) is 43.3 Å². The van der Waals surface area contributed by atoms with Crippen molar-refractivity contribution in [1.29, 1.82) is 0 Å². The zero-order chi connectivity index (χ0) is 24.1. The number of nitrogens with one attached hydrogen (secondary N) is 1. The Kier molecular flexibility index (Phi) is 6.78. The Morgan fingerprint density at radius 3 is 2.41 bits per heavy atom. The number of amides is 1. The van der Waals surface area contributed by atoms with Crippen LogP contribution in [0.25, 0.3) is 0 Å². The maximum absolute atomic E-state index is 14.5. The molecule has 1 aliphatic rings. The van der Waals surface area contributed by atoms with Crippen LogP contribution < -0.4 is 19.2 Å². The molecule has 176 valence electrons. The topological polar surface area (TPSA) is 97.3 Å². The van der Waals surface area contributed by atoms with Gasteiger partial charge in [-0.3, -0.25) is 9.10 Å². The van der Waals surface area contributed by atoms with Crippen LogP contribution in [0.5, 0.6) is 11.5 Å². The van der Waals surface area contributed by atoms with Crippen molar-refractivity contribution < 1.29 is 27.1 Å². The van der Waals surface area contributed by atoms with Crippen LogP contribution in [0, 0.1) is 5.82 Å². The Morgan fingerprint density at radius 1 is 1.00 bits per heavy atom. The molecule has 0 saturated heterocycles. The molecule has 1 heterocycles. The summed E-state index contributed by atoms with van der Waals surface area (Å²) >= 11 is 0. The molecule has 0 aromatic heterocycles. The number of hydrazone groups is 1. The molecule has 0 aliphatic carbocycles. The highest BCUT2D eigenvalue weighted by Gasteiger charge is 2.29. The highest BCUT2D eigenvalue weighted by molar-refractivity contribution is 7.92. The third-order valence-electron chi connectivity index (χ3n) is 5.05. The number of rotatable bonds is 7. The number of halogens is 1. The molecule has 0 unspecified atom stereocenters. The van der Waals surface area contributed by atoms with Gasteiger partial charge in [-0.25, -0.2) is 18.2 Å². The zero-order valence-corrected chi connectivity index (χ0v) is 19.1. The highest BCUT2D eigenvalue weighted by atomic mass is 32.2. The Morgan fingerprint density at radius 2 is 1.68 bits per heavy atom. The molecule has 0 saturated carbocycles. The van der Waals surface area contributed by atoms with Crippen LogP contribution in [0.15, 0.2) is 82.8 Å². The van der Waals surface area contributed by atoms with Crippen molar-refractivity contribution in [2.24, 2.45) is 5.10 Å². The van der Waals surface area contributed by atoms with Gasteiger partial charge in [0.25, 0.3) is 15.9 Å². The van der Waals surface area contributed by atoms with Gasteiger partial charge in [-0.1, -0.05) is 30.3 Å². The molecule has 0 radical (unpaired) electrons. The number of anilines is 1. The monoisotopic (exact) mass is 483 g/mol. The van der Waals surface area contributed by atoms with Gasteiger partial charge in [0, 0.05) is 5.56 Å². The Hall–Kier alpha value is -3.92. The number of hydrogen-bond acceptors (Lipinski definition) is 6. The van der Waals surface area contributed by atoms with E-state index in [0.29, 0.717) is 36.0 Å². The van der Waals surface area contributed by atoms with Gasteiger partial charge < -0.3 is 9.47 Å². The molecule has 1 N–H and O–H groups in total. The van der Waals surface area contributed by atoms with E-state index in [0.717, 1.165) is 10.4 Å². The SMILES string of the molecule is C/C(=N\NC(=O)CN(c1ccccc1F)S(=O)(=O)c1ccccc1)c1ccc2c(c1)OCCO2. The summed E-state index contributed by atoms with van der Waals surface area (Å²) in [6, 6.07) is 18.1. The highest BCUT2D eigenvalue weighted by Crippen LogP contribution is 2.31. The average molecular weight is 484 g/mol. The molecule has 4 rings (SSSR count). The molecule has 0 spiro atoms. The first-order valence-electron chi connectivity index (χ1n) is 10.4. The van der Waals surface area contributed by atoms with E-state index in [1.807, 2.05) is 0 Å². The molecule has 8 nitrogen and oxygen atoms in total. The third-order valence-corrected chi connectivity index (χ3v) is 6.82. The summed E-state index contributed by atoms with van der Waals surface area (Å²) in [5.41, 5.74) is 3.26. The predicted molar refractivity (Wildman–Crippen MR) is 125 cm³/mol. The summed E-state index contributed by atoms with van der Waals surface area (Å²) in [6.07, 6.45) is 0. The van der Waals surface area contributed by atoms with E-state index in [4.69, 9.17) is 9.47 Å². The molecule has 0 fully saturated rings. The van der Waals surface area contributed by atoms with Crippen LogP contribution in [0.3, 0.4) is 0 Å². The summed E-state index contributed by atoms with van der Waals surface area (Å²) in [6.45, 7) is 1.92. The smallest absolute Gasteiger partial charge is 0.264 e. The minimum Gasteiger partial charge on any atom is -0.486 e. The van der Waals surface area contributed by atoms with E-state index in [-0.39, 0.29) is 10.6 Å². The Balaban J connectivity index is 1.56. The average Bonchev–Trinajstić information content (AvgIpc) is 2.86. The van der Waals surface area contributed by atoms with Gasteiger partial charge in [-0.15, -0.1) is 0 Å². The molecule has 0 atom stereocenters. The number of carbonyl (C=O) groups is 1. The van der Waals surface area contributed by atoms with Crippen molar-refractivity contribution in [2.45, 2.75) is 11.8 Å². The van der Waals surface area contributed by atoms with Crippen molar-refractivity contribution in [3.05, 3.63) is 84.2 Å². The Bertz CT molecular complexity index is 1330. The van der Waals surface area contributed by atoms with Gasteiger partial charge in [-0.05, 0) is 49.4 Å². The van der Waals surface area contributed by atoms with Crippen LogP contribution in [0.4, 0.5) is 10.1 Å². The summed E-state index contributed by atoms with van der Waals surface area (Å²) in [4.78, 5) is 12.6. The number of sulfonamides is 1. The minimum absolute atomic E-state index is 0.0676. The number of carbonyl (C=O) groups excluding carboxylic acids is 1. The normalized spacial score (nSPS) is 13.3. The lowest BCUT2D eigenvalue weighted by molar-refractivity contribution is -0.119. The van der Waals surface area contributed by atoms with Crippen molar-refractivity contribution in [1.82, 2.24) is 5.43 Å². The number of hydrogen-bond donors (Lipinski definition) is 1. The maximum Gasteiger partial charge on any atom is 0.264 e. The zero-order valence-electron chi connectivity index (χ0n) is 18.3. The molecule has 34 heavy (non-hydrogen) atoms.